The number of carbonyl (C=O) groups is 1. The number of ether oxygens (including phenoxy) is 1. The third kappa shape index (κ3) is 17.2. The SMILES string of the molecule is CCC/C=C\CCCCCCCCCCCCC(=O)OC. The Morgan fingerprint density at radius 3 is 1.76 bits per heavy atom. The highest BCUT2D eigenvalue weighted by Gasteiger charge is 1.99. The summed E-state index contributed by atoms with van der Waals surface area (Å²) < 4.78 is 4.63. The second-order valence-electron chi connectivity index (χ2n) is 5.91. The van der Waals surface area contributed by atoms with Crippen LogP contribution in [0.25, 0.3) is 0 Å². The number of allylic oxidation sites excluding steroid dienone is 2. The lowest BCUT2D eigenvalue weighted by Crippen LogP contribution is -1.99. The van der Waals surface area contributed by atoms with E-state index in [1.807, 2.05) is 0 Å². The highest BCUT2D eigenvalue weighted by atomic mass is 16.5. The number of methoxy groups -OCH3 is 1. The summed E-state index contributed by atoms with van der Waals surface area (Å²) in [5.41, 5.74) is 0. The zero-order valence-electron chi connectivity index (χ0n) is 14.4. The van der Waals surface area contributed by atoms with Crippen LogP contribution < -0.4 is 0 Å². The first kappa shape index (κ1) is 20.2. The van der Waals surface area contributed by atoms with E-state index in [0.29, 0.717) is 6.42 Å². The van der Waals surface area contributed by atoms with Gasteiger partial charge in [0.2, 0.25) is 0 Å². The molecule has 0 N–H and O–H groups in total. The summed E-state index contributed by atoms with van der Waals surface area (Å²) in [6.07, 6.45) is 22.0. The van der Waals surface area contributed by atoms with E-state index < -0.39 is 0 Å². The summed E-state index contributed by atoms with van der Waals surface area (Å²) in [7, 11) is 1.46. The molecule has 0 aliphatic carbocycles. The minimum atomic E-state index is -0.0699. The predicted molar refractivity (Wildman–Crippen MR) is 91.5 cm³/mol. The average molecular weight is 296 g/mol. The number of unbranched alkanes of at least 4 members (excludes halogenated alkanes) is 11. The van der Waals surface area contributed by atoms with Crippen LogP contribution in [-0.2, 0) is 9.53 Å². The number of rotatable bonds is 15. The van der Waals surface area contributed by atoms with Gasteiger partial charge >= 0.3 is 5.97 Å². The Morgan fingerprint density at radius 1 is 0.762 bits per heavy atom. The van der Waals surface area contributed by atoms with E-state index in [1.165, 1.54) is 84.2 Å². The Bertz CT molecular complexity index is 246. The van der Waals surface area contributed by atoms with Crippen molar-refractivity contribution in [3.05, 3.63) is 12.2 Å². The monoisotopic (exact) mass is 296 g/mol. The third-order valence-electron chi connectivity index (χ3n) is 3.85. The van der Waals surface area contributed by atoms with Crippen molar-refractivity contribution in [3.63, 3.8) is 0 Å². The van der Waals surface area contributed by atoms with Crippen LogP contribution in [0.5, 0.6) is 0 Å². The first-order valence-electron chi connectivity index (χ1n) is 9.03. The summed E-state index contributed by atoms with van der Waals surface area (Å²) in [5.74, 6) is -0.0699. The molecule has 2 nitrogen and oxygen atoms in total. The summed E-state index contributed by atoms with van der Waals surface area (Å²) in [5, 5.41) is 0. The molecular weight excluding hydrogens is 260 g/mol. The minimum Gasteiger partial charge on any atom is -0.469 e. The largest absolute Gasteiger partial charge is 0.469 e. The molecule has 124 valence electrons. The summed E-state index contributed by atoms with van der Waals surface area (Å²) in [6, 6.07) is 0. The molecule has 21 heavy (non-hydrogen) atoms. The normalized spacial score (nSPS) is 11.1. The van der Waals surface area contributed by atoms with Crippen LogP contribution in [0.1, 0.15) is 96.8 Å². The Balaban J connectivity index is 3.04. The van der Waals surface area contributed by atoms with E-state index >= 15 is 0 Å². The van der Waals surface area contributed by atoms with Crippen molar-refractivity contribution in [3.8, 4) is 0 Å². The topological polar surface area (TPSA) is 26.3 Å². The van der Waals surface area contributed by atoms with Crippen LogP contribution in [-0.4, -0.2) is 13.1 Å². The van der Waals surface area contributed by atoms with E-state index in [4.69, 9.17) is 0 Å². The number of hydrogen-bond donors (Lipinski definition) is 0. The number of carbonyl (C=O) groups excluding carboxylic acids is 1. The maximum atomic E-state index is 10.9. The van der Waals surface area contributed by atoms with E-state index in [0.717, 1.165) is 6.42 Å². The molecule has 0 atom stereocenters. The first-order chi connectivity index (χ1) is 10.3. The van der Waals surface area contributed by atoms with E-state index in [-0.39, 0.29) is 5.97 Å². The van der Waals surface area contributed by atoms with Gasteiger partial charge in [-0.15, -0.1) is 0 Å². The third-order valence-corrected chi connectivity index (χ3v) is 3.85. The van der Waals surface area contributed by atoms with Gasteiger partial charge in [0.15, 0.2) is 0 Å². The fourth-order valence-electron chi connectivity index (χ4n) is 2.45. The molecule has 2 heteroatoms. The molecule has 0 radical (unpaired) electrons. The lowest BCUT2D eigenvalue weighted by molar-refractivity contribution is -0.140. The highest BCUT2D eigenvalue weighted by molar-refractivity contribution is 5.68. The molecular formula is C19H36O2. The Kier molecular flexibility index (Phi) is 16.6. The number of esters is 1. The van der Waals surface area contributed by atoms with Crippen molar-refractivity contribution >= 4 is 5.97 Å². The zero-order chi connectivity index (χ0) is 15.6. The van der Waals surface area contributed by atoms with Crippen LogP contribution >= 0.6 is 0 Å². The van der Waals surface area contributed by atoms with Gasteiger partial charge in [0.25, 0.3) is 0 Å². The van der Waals surface area contributed by atoms with Gasteiger partial charge < -0.3 is 4.74 Å². The van der Waals surface area contributed by atoms with E-state index in [9.17, 15) is 4.79 Å². The quantitative estimate of drug-likeness (QED) is 0.204. The van der Waals surface area contributed by atoms with Gasteiger partial charge in [-0.05, 0) is 25.7 Å². The molecule has 0 aliphatic heterocycles. The second-order valence-corrected chi connectivity index (χ2v) is 5.91. The van der Waals surface area contributed by atoms with Gasteiger partial charge in [-0.3, -0.25) is 4.79 Å². The van der Waals surface area contributed by atoms with Gasteiger partial charge in [-0.25, -0.2) is 0 Å². The van der Waals surface area contributed by atoms with Gasteiger partial charge in [-0.1, -0.05) is 76.9 Å². The molecule has 0 bridgehead atoms. The summed E-state index contributed by atoms with van der Waals surface area (Å²) in [4.78, 5) is 10.9. The lowest BCUT2D eigenvalue weighted by Gasteiger charge is -2.02. The molecule has 0 aliphatic rings. The molecule has 0 rings (SSSR count). The summed E-state index contributed by atoms with van der Waals surface area (Å²) in [6.45, 7) is 2.23. The highest BCUT2D eigenvalue weighted by Crippen LogP contribution is 2.12. The molecule has 0 saturated heterocycles. The van der Waals surface area contributed by atoms with E-state index in [2.05, 4.69) is 23.8 Å². The lowest BCUT2D eigenvalue weighted by atomic mass is 10.1. The molecule has 0 aromatic heterocycles. The molecule has 0 heterocycles. The molecule has 0 saturated carbocycles. The van der Waals surface area contributed by atoms with Crippen molar-refractivity contribution in [2.45, 2.75) is 96.8 Å². The van der Waals surface area contributed by atoms with Gasteiger partial charge in [0, 0.05) is 6.42 Å². The Morgan fingerprint density at radius 2 is 1.24 bits per heavy atom. The predicted octanol–water partition coefficient (Wildman–Crippen LogP) is 6.20. The fourth-order valence-corrected chi connectivity index (χ4v) is 2.45. The van der Waals surface area contributed by atoms with Crippen LogP contribution in [0.4, 0.5) is 0 Å². The van der Waals surface area contributed by atoms with Gasteiger partial charge in [0.05, 0.1) is 7.11 Å². The average Bonchev–Trinajstić information content (AvgIpc) is 2.50. The van der Waals surface area contributed by atoms with Crippen LogP contribution in [0, 0.1) is 0 Å². The molecule has 0 aromatic rings. The van der Waals surface area contributed by atoms with Gasteiger partial charge in [-0.2, -0.15) is 0 Å². The fraction of sp³-hybridized carbons (Fsp3) is 0.842. The number of hydrogen-bond acceptors (Lipinski definition) is 2. The molecule has 0 fully saturated rings. The van der Waals surface area contributed by atoms with Crippen molar-refractivity contribution in [1.82, 2.24) is 0 Å². The standard InChI is InChI=1S/C19H36O2/c1-3-4-5-6-7-8-9-10-11-12-13-14-15-16-17-18-19(20)21-2/h5-6H,3-4,7-18H2,1-2H3/b6-5-. The molecule has 0 spiro atoms. The zero-order valence-corrected chi connectivity index (χ0v) is 14.4. The molecule has 0 aromatic carbocycles. The maximum Gasteiger partial charge on any atom is 0.305 e. The van der Waals surface area contributed by atoms with Crippen molar-refractivity contribution < 1.29 is 9.53 Å². The maximum absolute atomic E-state index is 10.9. The second kappa shape index (κ2) is 17.3. The van der Waals surface area contributed by atoms with Crippen molar-refractivity contribution in [2.75, 3.05) is 7.11 Å². The summed E-state index contributed by atoms with van der Waals surface area (Å²) >= 11 is 0. The molecule has 0 unspecified atom stereocenters. The first-order valence-corrected chi connectivity index (χ1v) is 9.03. The van der Waals surface area contributed by atoms with Gasteiger partial charge in [0.1, 0.15) is 0 Å². The Hall–Kier alpha value is -0.790. The van der Waals surface area contributed by atoms with E-state index in [1.54, 1.807) is 0 Å². The van der Waals surface area contributed by atoms with Crippen LogP contribution in [0.2, 0.25) is 0 Å². The Labute approximate surface area is 132 Å². The van der Waals surface area contributed by atoms with Crippen LogP contribution in [0.3, 0.4) is 0 Å². The smallest absolute Gasteiger partial charge is 0.305 e. The molecule has 0 amide bonds. The van der Waals surface area contributed by atoms with Crippen molar-refractivity contribution in [2.24, 2.45) is 0 Å². The van der Waals surface area contributed by atoms with Crippen LogP contribution in [0.15, 0.2) is 12.2 Å². The van der Waals surface area contributed by atoms with Crippen molar-refractivity contribution in [1.29, 1.82) is 0 Å². The minimum absolute atomic E-state index is 0.0699.